The molecule has 0 spiro atoms. The predicted octanol–water partition coefficient (Wildman–Crippen LogP) is 15.1. The van der Waals surface area contributed by atoms with E-state index in [4.69, 9.17) is 9.26 Å². The van der Waals surface area contributed by atoms with Crippen LogP contribution in [0.15, 0.2) is 154 Å². The highest BCUT2D eigenvalue weighted by Gasteiger charge is 2.34. The summed E-state index contributed by atoms with van der Waals surface area (Å²) in [7, 11) is -4.32. The van der Waals surface area contributed by atoms with Gasteiger partial charge in [0.2, 0.25) is 17.8 Å². The molecule has 0 saturated carbocycles. The SMILES string of the molecule is CCCCCCCCCCCCCCOc1ccccc1NC(=O)c1ccc(-n2oc(C(C)(C)C)c(CS(=O)(=O)c3ccc(Nc4nc(Nc5ccc6cc(C(=O)O)ccc6c5)nc(Nc5ccc6cc(C(=O)O)ccc6c5)n4)cc3)c2=O)c([N+](=O)[O-])c1. The maximum atomic E-state index is 14.4. The van der Waals surface area contributed by atoms with Gasteiger partial charge in [0, 0.05) is 34.1 Å². The number of nitrogens with one attached hydrogen (secondary N) is 4. The minimum atomic E-state index is -4.32. The maximum absolute atomic E-state index is 14.4. The number of sulfone groups is 1. The molecule has 21 nitrogen and oxygen atoms in total. The number of nitrogens with zero attached hydrogens (tertiary/aromatic N) is 5. The number of ether oxygens (including phenoxy) is 1. The molecule has 0 aliphatic rings. The average Bonchev–Trinajstić information content (AvgIpc) is 1.87. The Bertz CT molecular complexity index is 4100. The van der Waals surface area contributed by atoms with Crippen LogP contribution in [-0.2, 0) is 21.0 Å². The zero-order chi connectivity index (χ0) is 62.5. The van der Waals surface area contributed by atoms with Crippen LogP contribution in [-0.4, -0.2) is 67.7 Å². The number of rotatable bonds is 29. The first-order valence-electron chi connectivity index (χ1n) is 29.2. The topological polar surface area (TPSA) is 300 Å². The van der Waals surface area contributed by atoms with E-state index in [2.05, 4.69) is 43.1 Å². The van der Waals surface area contributed by atoms with Crippen LogP contribution in [0, 0.1) is 10.1 Å². The number of carbonyl (C=O) groups is 3. The molecule has 0 fully saturated rings. The Morgan fingerprint density at radius 1 is 0.614 bits per heavy atom. The van der Waals surface area contributed by atoms with Crippen molar-refractivity contribution in [3.8, 4) is 11.4 Å². The molecule has 1 amide bonds. The van der Waals surface area contributed by atoms with E-state index < -0.39 is 55.0 Å². The van der Waals surface area contributed by atoms with Gasteiger partial charge in [0.25, 0.3) is 17.2 Å². The number of nitro benzene ring substituents is 1. The van der Waals surface area contributed by atoms with Crippen LogP contribution in [0.25, 0.3) is 27.2 Å². The number of aromatic nitrogens is 4. The van der Waals surface area contributed by atoms with E-state index >= 15 is 0 Å². The van der Waals surface area contributed by atoms with Crippen molar-refractivity contribution >= 4 is 95.5 Å². The number of anilines is 7. The highest BCUT2D eigenvalue weighted by molar-refractivity contribution is 7.90. The van der Waals surface area contributed by atoms with Crippen LogP contribution >= 0.6 is 0 Å². The van der Waals surface area contributed by atoms with Crippen molar-refractivity contribution in [1.29, 1.82) is 0 Å². The molecular weight excluding hydrogens is 1140 g/mol. The highest BCUT2D eigenvalue weighted by Crippen LogP contribution is 2.34. The van der Waals surface area contributed by atoms with Crippen molar-refractivity contribution in [2.75, 3.05) is 27.9 Å². The largest absolute Gasteiger partial charge is 0.491 e. The standard InChI is InChI=1S/C66H69N9O12S/c1-5-6-7-8-9-10-11-12-13-14-15-18-35-86-57-20-17-16-19-54(57)70-59(76)46-27-34-55(56(40-46)75(82)83)74-60(77)53(58(87-74)66(2,3)4)41-88(84,85)52-32-30-49(31-33-52)67-63-71-64(68-50-28-25-42-36-47(61(78)79)23-21-44(42)38-50)73-65(72-63)69-51-29-26-43-37-48(62(80)81)24-22-45(43)39-51/h16-17,19-34,36-40H,5-15,18,35,41H2,1-4H3,(H,70,76)(H,78,79)(H,80,81)(H3,67,68,69,71,72,73). The van der Waals surface area contributed by atoms with Gasteiger partial charge in [0.1, 0.15) is 11.5 Å². The van der Waals surface area contributed by atoms with E-state index in [1.807, 2.05) is 0 Å². The maximum Gasteiger partial charge on any atom is 0.335 e. The molecule has 2 heterocycles. The molecule has 456 valence electrons. The lowest BCUT2D eigenvalue weighted by Gasteiger charge is -2.16. The summed E-state index contributed by atoms with van der Waals surface area (Å²) in [6.07, 6.45) is 14.5. The molecule has 7 aromatic carbocycles. The van der Waals surface area contributed by atoms with Gasteiger partial charge in [-0.25, -0.2) is 18.0 Å². The van der Waals surface area contributed by atoms with Gasteiger partial charge in [-0.2, -0.15) is 15.0 Å². The Hall–Kier alpha value is -9.96. The molecule has 0 atom stereocenters. The first-order chi connectivity index (χ1) is 42.2. The molecule has 22 heteroatoms. The first-order valence-corrected chi connectivity index (χ1v) is 30.9. The highest BCUT2D eigenvalue weighted by atomic mass is 32.2. The van der Waals surface area contributed by atoms with Gasteiger partial charge in [-0.15, -0.1) is 4.74 Å². The molecule has 9 aromatic rings. The van der Waals surface area contributed by atoms with Crippen LogP contribution in [0.2, 0.25) is 0 Å². The van der Waals surface area contributed by atoms with Crippen LogP contribution in [0.4, 0.5) is 46.3 Å². The van der Waals surface area contributed by atoms with E-state index in [1.165, 1.54) is 106 Å². The van der Waals surface area contributed by atoms with Crippen LogP contribution in [0.5, 0.6) is 5.75 Å². The summed E-state index contributed by atoms with van der Waals surface area (Å²) in [5.74, 6) is -2.98. The summed E-state index contributed by atoms with van der Waals surface area (Å²) in [6.45, 7) is 7.80. The number of fused-ring (bicyclic) bond motifs is 2. The lowest BCUT2D eigenvalue weighted by atomic mass is 9.91. The van der Waals surface area contributed by atoms with E-state index in [-0.39, 0.29) is 56.4 Å². The van der Waals surface area contributed by atoms with Crippen LogP contribution in [0.1, 0.15) is 147 Å². The summed E-state index contributed by atoms with van der Waals surface area (Å²) in [5, 5.41) is 46.8. The quantitative estimate of drug-likeness (QED) is 0.0144. The molecule has 0 unspecified atom stereocenters. The second kappa shape index (κ2) is 28.0. The molecule has 0 aliphatic carbocycles. The van der Waals surface area contributed by atoms with E-state index in [0.29, 0.717) is 50.6 Å². The third-order valence-electron chi connectivity index (χ3n) is 14.8. The number of carboxylic acids is 2. The summed E-state index contributed by atoms with van der Waals surface area (Å²) < 4.78 is 41.4. The minimum Gasteiger partial charge on any atom is -0.491 e. The molecule has 6 N–H and O–H groups in total. The van der Waals surface area contributed by atoms with Crippen molar-refractivity contribution in [2.45, 2.75) is 121 Å². The Morgan fingerprint density at radius 2 is 1.09 bits per heavy atom. The Labute approximate surface area is 508 Å². The van der Waals surface area contributed by atoms with Gasteiger partial charge in [0.05, 0.1) is 44.6 Å². The molecule has 0 radical (unpaired) electrons. The van der Waals surface area contributed by atoms with Crippen LogP contribution < -0.4 is 31.6 Å². The van der Waals surface area contributed by atoms with Crippen LogP contribution in [0.3, 0.4) is 0 Å². The zero-order valence-electron chi connectivity index (χ0n) is 49.3. The minimum absolute atomic E-state index is 0.0220. The number of amides is 1. The molecular formula is C66H69N9O12S. The van der Waals surface area contributed by atoms with Gasteiger partial charge in [-0.1, -0.05) is 135 Å². The van der Waals surface area contributed by atoms with Gasteiger partial charge in [0.15, 0.2) is 15.5 Å². The van der Waals surface area contributed by atoms with E-state index in [9.17, 15) is 47.9 Å². The zero-order valence-corrected chi connectivity index (χ0v) is 50.1. The predicted molar refractivity (Wildman–Crippen MR) is 339 cm³/mol. The van der Waals surface area contributed by atoms with Gasteiger partial charge in [-0.05, 0) is 125 Å². The monoisotopic (exact) mass is 1210 g/mol. The van der Waals surface area contributed by atoms with Crippen molar-refractivity contribution < 1.29 is 47.2 Å². The summed E-state index contributed by atoms with van der Waals surface area (Å²) >= 11 is 0. The van der Waals surface area contributed by atoms with E-state index in [0.717, 1.165) is 36.1 Å². The van der Waals surface area contributed by atoms with Crippen molar-refractivity contribution in [3.05, 3.63) is 188 Å². The molecule has 88 heavy (non-hydrogen) atoms. The van der Waals surface area contributed by atoms with Crippen molar-refractivity contribution in [1.82, 2.24) is 19.7 Å². The Kier molecular flexibility index (Phi) is 19.9. The third-order valence-corrected chi connectivity index (χ3v) is 16.4. The Morgan fingerprint density at radius 3 is 1.61 bits per heavy atom. The number of nitro groups is 1. The van der Waals surface area contributed by atoms with Crippen molar-refractivity contribution in [3.63, 3.8) is 0 Å². The fourth-order valence-electron chi connectivity index (χ4n) is 10.1. The second-order valence-electron chi connectivity index (χ2n) is 22.5. The number of hydrogen-bond acceptors (Lipinski definition) is 16. The molecule has 0 bridgehead atoms. The smallest absolute Gasteiger partial charge is 0.335 e. The lowest BCUT2D eigenvalue weighted by molar-refractivity contribution is -0.384. The molecule has 2 aromatic heterocycles. The first kappa shape index (κ1) is 62.6. The fraction of sp³-hybridized carbons (Fsp3) is 0.288. The number of carbonyl (C=O) groups excluding carboxylic acids is 1. The van der Waals surface area contributed by atoms with Gasteiger partial charge < -0.3 is 40.7 Å². The summed E-state index contributed by atoms with van der Waals surface area (Å²) in [6, 6.07) is 36.2. The third kappa shape index (κ3) is 15.9. The van der Waals surface area contributed by atoms with Gasteiger partial charge >= 0.3 is 11.9 Å². The molecule has 9 rings (SSSR count). The number of carboxylic acid groups (broad SMARTS) is 2. The normalized spacial score (nSPS) is 11.6. The number of benzene rings is 7. The number of para-hydroxylation sites is 2. The summed E-state index contributed by atoms with van der Waals surface area (Å²) in [4.78, 5) is 76.9. The van der Waals surface area contributed by atoms with Crippen molar-refractivity contribution in [2.24, 2.45) is 0 Å². The number of hydrogen-bond donors (Lipinski definition) is 6. The fourth-order valence-corrected chi connectivity index (χ4v) is 11.5. The van der Waals surface area contributed by atoms with E-state index in [1.54, 1.807) is 106 Å². The lowest BCUT2D eigenvalue weighted by Crippen LogP contribution is -2.22. The number of unbranched alkanes of at least 4 members (excludes halogenated alkanes) is 11. The summed E-state index contributed by atoms with van der Waals surface area (Å²) in [5.41, 5.74) is -1.07. The number of aromatic carboxylic acids is 2. The second-order valence-corrected chi connectivity index (χ2v) is 24.5. The molecule has 0 saturated heterocycles. The molecule has 0 aliphatic heterocycles. The Balaban J connectivity index is 0.895. The average molecular weight is 1210 g/mol. The van der Waals surface area contributed by atoms with Gasteiger partial charge in [-0.3, -0.25) is 19.7 Å².